The van der Waals surface area contributed by atoms with Gasteiger partial charge in [0.15, 0.2) is 0 Å². The van der Waals surface area contributed by atoms with E-state index in [1.54, 1.807) is 12.1 Å². The molecule has 0 heterocycles. The van der Waals surface area contributed by atoms with Crippen LogP contribution in [0.25, 0.3) is 0 Å². The highest BCUT2D eigenvalue weighted by molar-refractivity contribution is 9.10. The lowest BCUT2D eigenvalue weighted by molar-refractivity contribution is -0.138. The highest BCUT2D eigenvalue weighted by Gasteiger charge is 2.04. The first-order valence-corrected chi connectivity index (χ1v) is 4.68. The zero-order valence-electron chi connectivity index (χ0n) is 7.51. The summed E-state index contributed by atoms with van der Waals surface area (Å²) in [6.07, 6.45) is 0. The van der Waals surface area contributed by atoms with E-state index in [0.29, 0.717) is 0 Å². The van der Waals surface area contributed by atoms with Gasteiger partial charge in [-0.2, -0.15) is 0 Å². The van der Waals surface area contributed by atoms with Crippen LogP contribution >= 0.6 is 15.9 Å². The molecule has 0 saturated carbocycles. The predicted octanol–water partition coefficient (Wildman–Crippen LogP) is 2.17. The minimum absolute atomic E-state index is 0.0517. The molecule has 0 spiro atoms. The van der Waals surface area contributed by atoms with Crippen LogP contribution in [0.2, 0.25) is 0 Å². The minimum atomic E-state index is -0.440. The van der Waals surface area contributed by atoms with Crippen molar-refractivity contribution in [3.8, 4) is 0 Å². The van der Waals surface area contributed by atoms with Crippen LogP contribution in [0.5, 0.6) is 0 Å². The predicted molar refractivity (Wildman–Crippen MR) is 54.6 cm³/mol. The number of ether oxygens (including phenoxy) is 1. The molecule has 0 amide bonds. The smallest absolute Gasteiger partial charge is 0.325 e. The molecule has 1 rings (SSSR count). The van der Waals surface area contributed by atoms with Gasteiger partial charge in [-0.1, -0.05) is 15.9 Å². The Balaban J connectivity index is 2.66. The zero-order valence-corrected chi connectivity index (χ0v) is 9.10. The Labute approximate surface area is 89.4 Å². The largest absolute Gasteiger partial charge is 0.468 e. The second kappa shape index (κ2) is 4.95. The Kier molecular flexibility index (Phi) is 3.88. The molecule has 0 unspecified atom stereocenters. The van der Waals surface area contributed by atoms with Crippen LogP contribution < -0.4 is 5.32 Å². The van der Waals surface area contributed by atoms with Crippen molar-refractivity contribution in [1.82, 2.24) is 0 Å². The SMILES string of the molecule is COC(=O)CNc1cc(Br)ccc1F. The maximum Gasteiger partial charge on any atom is 0.325 e. The van der Waals surface area contributed by atoms with Gasteiger partial charge in [0.2, 0.25) is 0 Å². The molecule has 1 aromatic carbocycles. The van der Waals surface area contributed by atoms with Crippen LogP contribution in [0.15, 0.2) is 22.7 Å². The monoisotopic (exact) mass is 261 g/mol. The molecular weight excluding hydrogens is 253 g/mol. The van der Waals surface area contributed by atoms with Gasteiger partial charge < -0.3 is 10.1 Å². The molecule has 0 atom stereocenters. The Hall–Kier alpha value is -1.10. The molecule has 0 aliphatic carbocycles. The fourth-order valence-corrected chi connectivity index (χ4v) is 1.23. The maximum absolute atomic E-state index is 13.1. The van der Waals surface area contributed by atoms with Crippen LogP contribution in [0.3, 0.4) is 0 Å². The summed E-state index contributed by atoms with van der Waals surface area (Å²) in [6.45, 7) is -0.0517. The lowest BCUT2D eigenvalue weighted by atomic mass is 10.3. The van der Waals surface area contributed by atoms with E-state index < -0.39 is 11.8 Å². The van der Waals surface area contributed by atoms with Crippen molar-refractivity contribution in [2.24, 2.45) is 0 Å². The van der Waals surface area contributed by atoms with Gasteiger partial charge >= 0.3 is 5.97 Å². The Morgan fingerprint density at radius 3 is 3.00 bits per heavy atom. The van der Waals surface area contributed by atoms with Gasteiger partial charge in [-0.25, -0.2) is 4.39 Å². The van der Waals surface area contributed by atoms with Gasteiger partial charge in [0.25, 0.3) is 0 Å². The van der Waals surface area contributed by atoms with Crippen molar-refractivity contribution in [2.45, 2.75) is 0 Å². The van der Waals surface area contributed by atoms with Crippen LogP contribution in [-0.4, -0.2) is 19.6 Å². The second-order valence-corrected chi connectivity index (χ2v) is 3.47. The Morgan fingerprint density at radius 1 is 1.64 bits per heavy atom. The van der Waals surface area contributed by atoms with Crippen molar-refractivity contribution in [3.63, 3.8) is 0 Å². The number of carbonyl (C=O) groups is 1. The van der Waals surface area contributed by atoms with E-state index in [2.05, 4.69) is 26.0 Å². The molecule has 5 heteroatoms. The highest BCUT2D eigenvalue weighted by atomic mass is 79.9. The molecule has 3 nitrogen and oxygen atoms in total. The number of carbonyl (C=O) groups excluding carboxylic acids is 1. The molecular formula is C9H9BrFNO2. The van der Waals surface area contributed by atoms with Crippen molar-refractivity contribution in [1.29, 1.82) is 0 Å². The van der Waals surface area contributed by atoms with Crippen molar-refractivity contribution in [2.75, 3.05) is 19.0 Å². The molecule has 1 aromatic rings. The lowest BCUT2D eigenvalue weighted by Gasteiger charge is -2.06. The normalized spacial score (nSPS) is 9.64. The second-order valence-electron chi connectivity index (χ2n) is 2.55. The summed E-state index contributed by atoms with van der Waals surface area (Å²) in [5, 5.41) is 2.62. The number of benzene rings is 1. The van der Waals surface area contributed by atoms with E-state index in [9.17, 15) is 9.18 Å². The van der Waals surface area contributed by atoms with Gasteiger partial charge in [0, 0.05) is 4.47 Å². The molecule has 0 radical (unpaired) electrons. The fourth-order valence-electron chi connectivity index (χ4n) is 0.873. The van der Waals surface area contributed by atoms with E-state index in [4.69, 9.17) is 0 Å². The molecule has 0 fully saturated rings. The standard InChI is InChI=1S/C9H9BrFNO2/c1-14-9(13)5-12-8-4-6(10)2-3-7(8)11/h2-4,12H,5H2,1H3. The molecule has 0 saturated heterocycles. The molecule has 1 N–H and O–H groups in total. The summed E-state index contributed by atoms with van der Waals surface area (Å²) in [6, 6.07) is 4.45. The number of methoxy groups -OCH3 is 1. The van der Waals surface area contributed by atoms with E-state index in [1.165, 1.54) is 13.2 Å². The van der Waals surface area contributed by atoms with Crippen LogP contribution in [0.4, 0.5) is 10.1 Å². The van der Waals surface area contributed by atoms with Gasteiger partial charge in [-0.15, -0.1) is 0 Å². The average Bonchev–Trinajstić information content (AvgIpc) is 2.19. The quantitative estimate of drug-likeness (QED) is 0.848. The summed E-state index contributed by atoms with van der Waals surface area (Å²) < 4.78 is 18.2. The number of hydrogen-bond donors (Lipinski definition) is 1. The number of nitrogens with one attached hydrogen (secondary N) is 1. The molecule has 0 aromatic heterocycles. The molecule has 14 heavy (non-hydrogen) atoms. The Morgan fingerprint density at radius 2 is 2.36 bits per heavy atom. The van der Waals surface area contributed by atoms with Crippen LogP contribution in [0.1, 0.15) is 0 Å². The summed E-state index contributed by atoms with van der Waals surface area (Å²) in [7, 11) is 1.28. The summed E-state index contributed by atoms with van der Waals surface area (Å²) >= 11 is 3.20. The zero-order chi connectivity index (χ0) is 10.6. The van der Waals surface area contributed by atoms with Crippen molar-refractivity contribution < 1.29 is 13.9 Å². The topological polar surface area (TPSA) is 38.3 Å². The van der Waals surface area contributed by atoms with E-state index in [1.807, 2.05) is 0 Å². The van der Waals surface area contributed by atoms with Gasteiger partial charge in [-0.05, 0) is 18.2 Å². The minimum Gasteiger partial charge on any atom is -0.468 e. The van der Waals surface area contributed by atoms with Crippen molar-refractivity contribution >= 4 is 27.6 Å². The average molecular weight is 262 g/mol. The first-order valence-electron chi connectivity index (χ1n) is 3.89. The van der Waals surface area contributed by atoms with Gasteiger partial charge in [0.05, 0.1) is 12.8 Å². The third-order valence-corrected chi connectivity index (χ3v) is 2.07. The Bertz CT molecular complexity index is 344. The van der Waals surface area contributed by atoms with Gasteiger partial charge in [-0.3, -0.25) is 4.79 Å². The summed E-state index contributed by atoms with van der Waals surface area (Å²) in [5.41, 5.74) is 0.268. The fraction of sp³-hybridized carbons (Fsp3) is 0.222. The number of esters is 1. The van der Waals surface area contributed by atoms with Gasteiger partial charge in [0.1, 0.15) is 12.4 Å². The number of anilines is 1. The number of halogens is 2. The maximum atomic E-state index is 13.1. The number of rotatable bonds is 3. The van der Waals surface area contributed by atoms with E-state index >= 15 is 0 Å². The molecule has 0 aliphatic heterocycles. The van der Waals surface area contributed by atoms with E-state index in [0.717, 1.165) is 4.47 Å². The first kappa shape index (κ1) is 11.0. The molecule has 0 aliphatic rings. The van der Waals surface area contributed by atoms with Crippen LogP contribution in [-0.2, 0) is 9.53 Å². The van der Waals surface area contributed by atoms with Crippen LogP contribution in [0, 0.1) is 5.82 Å². The third-order valence-electron chi connectivity index (χ3n) is 1.58. The molecule has 0 bridgehead atoms. The third kappa shape index (κ3) is 2.99. The highest BCUT2D eigenvalue weighted by Crippen LogP contribution is 2.19. The number of hydrogen-bond acceptors (Lipinski definition) is 3. The summed E-state index contributed by atoms with van der Waals surface area (Å²) in [5.74, 6) is -0.846. The first-order chi connectivity index (χ1) is 6.63. The van der Waals surface area contributed by atoms with E-state index in [-0.39, 0.29) is 12.2 Å². The summed E-state index contributed by atoms with van der Waals surface area (Å²) in [4.78, 5) is 10.8. The van der Waals surface area contributed by atoms with Crippen molar-refractivity contribution in [3.05, 3.63) is 28.5 Å². The lowest BCUT2D eigenvalue weighted by Crippen LogP contribution is -2.15. The molecule has 76 valence electrons.